The SMILES string of the molecule is [CH2]CCC=CC(O)=CC. The van der Waals surface area contributed by atoms with Crippen molar-refractivity contribution in [1.82, 2.24) is 0 Å². The fourth-order valence-corrected chi connectivity index (χ4v) is 0.418. The molecule has 0 fully saturated rings. The molecule has 51 valence electrons. The first-order chi connectivity index (χ1) is 4.31. The van der Waals surface area contributed by atoms with Crippen LogP contribution in [0.5, 0.6) is 0 Å². The number of hydrogen-bond donors (Lipinski definition) is 1. The molecule has 0 rings (SSSR count). The zero-order valence-electron chi connectivity index (χ0n) is 5.80. The van der Waals surface area contributed by atoms with Gasteiger partial charge in [0.1, 0.15) is 5.76 Å². The van der Waals surface area contributed by atoms with Gasteiger partial charge in [-0.1, -0.05) is 13.0 Å². The molecule has 0 aromatic rings. The van der Waals surface area contributed by atoms with Gasteiger partial charge in [0.2, 0.25) is 0 Å². The molecule has 0 amide bonds. The van der Waals surface area contributed by atoms with Crippen molar-refractivity contribution in [2.24, 2.45) is 0 Å². The van der Waals surface area contributed by atoms with Crippen molar-refractivity contribution in [2.45, 2.75) is 19.8 Å². The minimum Gasteiger partial charge on any atom is -0.508 e. The van der Waals surface area contributed by atoms with Crippen molar-refractivity contribution in [2.75, 3.05) is 0 Å². The Morgan fingerprint density at radius 2 is 2.33 bits per heavy atom. The second-order valence-electron chi connectivity index (χ2n) is 1.76. The molecule has 0 bridgehead atoms. The number of hydrogen-bond acceptors (Lipinski definition) is 1. The highest BCUT2D eigenvalue weighted by molar-refractivity contribution is 5.08. The lowest BCUT2D eigenvalue weighted by Gasteiger charge is -1.86. The van der Waals surface area contributed by atoms with Gasteiger partial charge in [0, 0.05) is 0 Å². The van der Waals surface area contributed by atoms with E-state index in [2.05, 4.69) is 6.92 Å². The molecule has 1 radical (unpaired) electrons. The number of unbranched alkanes of at least 4 members (excludes halogenated alkanes) is 1. The zero-order chi connectivity index (χ0) is 7.11. The molecule has 9 heavy (non-hydrogen) atoms. The summed E-state index contributed by atoms with van der Waals surface area (Å²) in [6.45, 7) is 5.45. The van der Waals surface area contributed by atoms with Gasteiger partial charge in [0.25, 0.3) is 0 Å². The topological polar surface area (TPSA) is 20.2 Å². The van der Waals surface area contributed by atoms with Crippen LogP contribution in [0.4, 0.5) is 0 Å². The van der Waals surface area contributed by atoms with Crippen LogP contribution in [0.25, 0.3) is 0 Å². The largest absolute Gasteiger partial charge is 0.508 e. The molecule has 0 saturated heterocycles. The van der Waals surface area contributed by atoms with Crippen molar-refractivity contribution in [3.05, 3.63) is 30.9 Å². The summed E-state index contributed by atoms with van der Waals surface area (Å²) in [6.07, 6.45) is 7.05. The molecule has 0 unspecified atom stereocenters. The predicted octanol–water partition coefficient (Wildman–Crippen LogP) is 2.62. The highest BCUT2D eigenvalue weighted by Crippen LogP contribution is 1.93. The minimum absolute atomic E-state index is 0.323. The van der Waals surface area contributed by atoms with Gasteiger partial charge in [-0.2, -0.15) is 0 Å². The first-order valence-electron chi connectivity index (χ1n) is 3.12. The van der Waals surface area contributed by atoms with E-state index in [1.807, 2.05) is 6.08 Å². The number of rotatable bonds is 3. The third kappa shape index (κ3) is 5.15. The maximum atomic E-state index is 8.84. The Kier molecular flexibility index (Phi) is 4.98. The summed E-state index contributed by atoms with van der Waals surface area (Å²) in [5, 5.41) is 8.84. The molecule has 0 atom stereocenters. The summed E-state index contributed by atoms with van der Waals surface area (Å²) in [5.74, 6) is 0.323. The smallest absolute Gasteiger partial charge is 0.110 e. The quantitative estimate of drug-likeness (QED) is 0.454. The number of aliphatic hydroxyl groups is 1. The second-order valence-corrected chi connectivity index (χ2v) is 1.76. The van der Waals surface area contributed by atoms with E-state index in [-0.39, 0.29) is 0 Å². The van der Waals surface area contributed by atoms with E-state index in [1.54, 1.807) is 19.1 Å². The lowest BCUT2D eigenvalue weighted by molar-refractivity contribution is 0.431. The molecular formula is C8H13O. The lowest BCUT2D eigenvalue weighted by Crippen LogP contribution is -1.70. The zero-order valence-corrected chi connectivity index (χ0v) is 5.80. The molecule has 1 heteroatoms. The third-order valence-electron chi connectivity index (χ3n) is 0.955. The molecular weight excluding hydrogens is 112 g/mol. The monoisotopic (exact) mass is 125 g/mol. The van der Waals surface area contributed by atoms with E-state index in [4.69, 9.17) is 5.11 Å². The summed E-state index contributed by atoms with van der Waals surface area (Å²) in [5.41, 5.74) is 0. The van der Waals surface area contributed by atoms with E-state index in [0.717, 1.165) is 12.8 Å². The normalized spacial score (nSPS) is 12.9. The minimum atomic E-state index is 0.323. The Balaban J connectivity index is 3.45. The van der Waals surface area contributed by atoms with E-state index < -0.39 is 0 Å². The summed E-state index contributed by atoms with van der Waals surface area (Å²) in [4.78, 5) is 0. The van der Waals surface area contributed by atoms with Crippen LogP contribution in [-0.2, 0) is 0 Å². The Hall–Kier alpha value is -0.720. The van der Waals surface area contributed by atoms with E-state index in [0.29, 0.717) is 5.76 Å². The van der Waals surface area contributed by atoms with Crippen molar-refractivity contribution in [3.63, 3.8) is 0 Å². The van der Waals surface area contributed by atoms with Crippen molar-refractivity contribution in [1.29, 1.82) is 0 Å². The molecule has 0 spiro atoms. The molecule has 1 N–H and O–H groups in total. The highest BCUT2D eigenvalue weighted by atomic mass is 16.3. The van der Waals surface area contributed by atoms with Gasteiger partial charge < -0.3 is 5.11 Å². The Morgan fingerprint density at radius 3 is 2.78 bits per heavy atom. The van der Waals surface area contributed by atoms with Gasteiger partial charge in [-0.15, -0.1) is 0 Å². The summed E-state index contributed by atoms with van der Waals surface area (Å²) >= 11 is 0. The Morgan fingerprint density at radius 1 is 1.67 bits per heavy atom. The molecule has 0 aliphatic carbocycles. The van der Waals surface area contributed by atoms with Crippen molar-refractivity contribution in [3.8, 4) is 0 Å². The average molecular weight is 125 g/mol. The highest BCUT2D eigenvalue weighted by Gasteiger charge is 1.77. The van der Waals surface area contributed by atoms with Gasteiger partial charge in [-0.3, -0.25) is 0 Å². The fraction of sp³-hybridized carbons (Fsp3) is 0.375. The second kappa shape index (κ2) is 5.42. The Labute approximate surface area is 56.7 Å². The molecule has 0 aromatic carbocycles. The standard InChI is InChI=1S/C8H13O/c1-3-5-6-7-8(9)4-2/h4,6-7,9H,1,3,5H2,2H3. The third-order valence-corrected chi connectivity index (χ3v) is 0.955. The predicted molar refractivity (Wildman–Crippen MR) is 40.1 cm³/mol. The van der Waals surface area contributed by atoms with Crippen LogP contribution in [0.2, 0.25) is 0 Å². The molecule has 0 aromatic heterocycles. The van der Waals surface area contributed by atoms with Crippen LogP contribution in [0.15, 0.2) is 24.0 Å². The molecule has 0 heterocycles. The van der Waals surface area contributed by atoms with Crippen LogP contribution >= 0.6 is 0 Å². The van der Waals surface area contributed by atoms with Crippen LogP contribution in [0.1, 0.15) is 19.8 Å². The molecule has 0 saturated carbocycles. The van der Waals surface area contributed by atoms with Gasteiger partial charge in [0.05, 0.1) is 0 Å². The lowest BCUT2D eigenvalue weighted by atomic mass is 10.3. The van der Waals surface area contributed by atoms with Gasteiger partial charge in [0.15, 0.2) is 0 Å². The first kappa shape index (κ1) is 8.28. The van der Waals surface area contributed by atoms with Gasteiger partial charge in [-0.05, 0) is 31.9 Å². The van der Waals surface area contributed by atoms with Crippen molar-refractivity contribution < 1.29 is 5.11 Å². The first-order valence-corrected chi connectivity index (χ1v) is 3.12. The van der Waals surface area contributed by atoms with Crippen molar-refractivity contribution >= 4 is 0 Å². The van der Waals surface area contributed by atoms with Crippen LogP contribution in [0.3, 0.4) is 0 Å². The van der Waals surface area contributed by atoms with Crippen LogP contribution < -0.4 is 0 Å². The van der Waals surface area contributed by atoms with E-state index in [1.165, 1.54) is 0 Å². The van der Waals surface area contributed by atoms with E-state index in [9.17, 15) is 0 Å². The summed E-state index contributed by atoms with van der Waals surface area (Å²) in [6, 6.07) is 0. The van der Waals surface area contributed by atoms with Gasteiger partial charge in [-0.25, -0.2) is 0 Å². The van der Waals surface area contributed by atoms with Crippen LogP contribution in [-0.4, -0.2) is 5.11 Å². The summed E-state index contributed by atoms with van der Waals surface area (Å²) < 4.78 is 0. The molecule has 0 aliphatic rings. The number of aliphatic hydroxyl groups excluding tert-OH is 1. The average Bonchev–Trinajstić information content (AvgIpc) is 1.89. The fourth-order valence-electron chi connectivity index (χ4n) is 0.418. The Bertz CT molecular complexity index is 112. The maximum absolute atomic E-state index is 8.84. The maximum Gasteiger partial charge on any atom is 0.110 e. The van der Waals surface area contributed by atoms with Crippen LogP contribution in [0, 0.1) is 6.92 Å². The molecule has 1 nitrogen and oxygen atoms in total. The van der Waals surface area contributed by atoms with Gasteiger partial charge >= 0.3 is 0 Å². The number of allylic oxidation sites excluding steroid dienone is 3. The van der Waals surface area contributed by atoms with E-state index >= 15 is 0 Å². The summed E-state index contributed by atoms with van der Waals surface area (Å²) in [7, 11) is 0. The molecule has 0 aliphatic heterocycles.